The van der Waals surface area contributed by atoms with E-state index in [1.165, 1.54) is 6.08 Å². The first-order valence-corrected chi connectivity index (χ1v) is 5.37. The molecule has 0 aliphatic carbocycles. The first-order chi connectivity index (χ1) is 8.17. The van der Waals surface area contributed by atoms with Gasteiger partial charge in [0.2, 0.25) is 6.08 Å². The van der Waals surface area contributed by atoms with E-state index in [1.807, 2.05) is 6.92 Å². The normalized spacial score (nSPS) is 18.1. The number of fused-ring (bicyclic) bond motifs is 1. The minimum atomic E-state index is -0.516. The first-order valence-electron chi connectivity index (χ1n) is 5.37. The van der Waals surface area contributed by atoms with E-state index in [9.17, 15) is 9.59 Å². The van der Waals surface area contributed by atoms with Gasteiger partial charge in [-0.25, -0.2) is 4.79 Å². The van der Waals surface area contributed by atoms with Crippen LogP contribution < -0.4 is 9.64 Å². The van der Waals surface area contributed by atoms with Gasteiger partial charge in [0.1, 0.15) is 5.75 Å². The summed E-state index contributed by atoms with van der Waals surface area (Å²) in [6.07, 6.45) is 0.959. The third kappa shape index (κ3) is 1.92. The maximum atomic E-state index is 11.8. The van der Waals surface area contributed by atoms with Gasteiger partial charge in [-0.05, 0) is 26.0 Å². The number of likely N-dealkylation sites (N-methyl/N-ethyl adjacent to an activating group) is 1. The van der Waals surface area contributed by atoms with E-state index in [0.29, 0.717) is 23.7 Å². The van der Waals surface area contributed by atoms with Crippen LogP contribution in [0.2, 0.25) is 0 Å². The molecule has 0 fully saturated rings. The fourth-order valence-corrected chi connectivity index (χ4v) is 1.85. The lowest BCUT2D eigenvalue weighted by atomic mass is 10.1. The highest BCUT2D eigenvalue weighted by molar-refractivity contribution is 6.00. The molecule has 1 aliphatic rings. The van der Waals surface area contributed by atoms with Gasteiger partial charge in [0.25, 0.3) is 5.91 Å². The van der Waals surface area contributed by atoms with Gasteiger partial charge in [0.15, 0.2) is 6.10 Å². The van der Waals surface area contributed by atoms with Gasteiger partial charge in [-0.1, -0.05) is 0 Å². The van der Waals surface area contributed by atoms with Crippen molar-refractivity contribution in [2.24, 2.45) is 4.99 Å². The Hall–Kier alpha value is -2.13. The highest BCUT2D eigenvalue weighted by Crippen LogP contribution is 2.36. The molecule has 0 radical (unpaired) electrons. The minimum absolute atomic E-state index is 0.0633. The quantitative estimate of drug-likeness (QED) is 0.577. The first kappa shape index (κ1) is 11.4. The van der Waals surface area contributed by atoms with E-state index in [4.69, 9.17) is 4.74 Å². The molecule has 5 nitrogen and oxygen atoms in total. The van der Waals surface area contributed by atoms with Gasteiger partial charge in [-0.15, -0.1) is 0 Å². The number of isocyanates is 1. The van der Waals surface area contributed by atoms with Crippen molar-refractivity contribution in [3.8, 4) is 5.75 Å². The summed E-state index contributed by atoms with van der Waals surface area (Å²) < 4.78 is 5.48. The number of carbonyl (C=O) groups is 1. The highest BCUT2D eigenvalue weighted by atomic mass is 16.5. The minimum Gasteiger partial charge on any atom is -0.479 e. The molecule has 1 unspecified atom stereocenters. The molecular weight excluding hydrogens is 220 g/mol. The molecule has 0 saturated heterocycles. The summed E-state index contributed by atoms with van der Waals surface area (Å²) in [4.78, 5) is 27.2. The van der Waals surface area contributed by atoms with E-state index in [1.54, 1.807) is 30.0 Å². The number of hydrogen-bond donors (Lipinski definition) is 0. The van der Waals surface area contributed by atoms with E-state index < -0.39 is 6.10 Å². The van der Waals surface area contributed by atoms with Crippen LogP contribution in [0.3, 0.4) is 0 Å². The van der Waals surface area contributed by atoms with Gasteiger partial charge >= 0.3 is 0 Å². The van der Waals surface area contributed by atoms with Crippen LogP contribution in [0.1, 0.15) is 13.8 Å². The highest BCUT2D eigenvalue weighted by Gasteiger charge is 2.30. The van der Waals surface area contributed by atoms with E-state index in [2.05, 4.69) is 4.99 Å². The number of carbonyl (C=O) groups excluding carboxylic acids is 2. The molecule has 17 heavy (non-hydrogen) atoms. The molecule has 0 saturated carbocycles. The summed E-state index contributed by atoms with van der Waals surface area (Å²) in [7, 11) is 0. The molecule has 1 amide bonds. The van der Waals surface area contributed by atoms with Gasteiger partial charge < -0.3 is 9.64 Å². The predicted octanol–water partition coefficient (Wildman–Crippen LogP) is 1.79. The lowest BCUT2D eigenvalue weighted by Gasteiger charge is -2.32. The average molecular weight is 232 g/mol. The SMILES string of the molecule is CCN1C(=O)C(C)Oc2cc(N=C=O)ccc21. The van der Waals surface area contributed by atoms with Gasteiger partial charge in [0.05, 0.1) is 11.4 Å². The zero-order chi connectivity index (χ0) is 12.4. The van der Waals surface area contributed by atoms with Crippen LogP contribution in [-0.2, 0) is 9.59 Å². The Balaban J connectivity index is 2.49. The third-order valence-electron chi connectivity index (χ3n) is 2.64. The van der Waals surface area contributed by atoms with Crippen molar-refractivity contribution in [3.63, 3.8) is 0 Å². The number of anilines is 1. The Morgan fingerprint density at radius 2 is 2.29 bits per heavy atom. The van der Waals surface area contributed by atoms with Crippen molar-refractivity contribution in [2.75, 3.05) is 11.4 Å². The number of benzene rings is 1. The number of aliphatic imine (C=N–C) groups is 1. The third-order valence-corrected chi connectivity index (χ3v) is 2.64. The van der Waals surface area contributed by atoms with E-state index >= 15 is 0 Å². The second-order valence-electron chi connectivity index (χ2n) is 3.70. The van der Waals surface area contributed by atoms with Crippen LogP contribution in [0.15, 0.2) is 23.2 Å². The van der Waals surface area contributed by atoms with Gasteiger partial charge in [-0.3, -0.25) is 4.79 Å². The molecule has 1 aromatic carbocycles. The lowest BCUT2D eigenvalue weighted by molar-refractivity contribution is -0.125. The Morgan fingerprint density at radius 1 is 1.53 bits per heavy atom. The predicted molar refractivity (Wildman–Crippen MR) is 62.3 cm³/mol. The molecule has 0 spiro atoms. The maximum Gasteiger partial charge on any atom is 0.267 e. The zero-order valence-electron chi connectivity index (χ0n) is 9.64. The topological polar surface area (TPSA) is 59.0 Å². The fourth-order valence-electron chi connectivity index (χ4n) is 1.85. The van der Waals surface area contributed by atoms with Crippen LogP contribution in [-0.4, -0.2) is 24.6 Å². The smallest absolute Gasteiger partial charge is 0.267 e. The van der Waals surface area contributed by atoms with Crippen LogP contribution in [0, 0.1) is 0 Å². The molecule has 1 aromatic rings. The number of rotatable bonds is 2. The molecule has 1 atom stereocenters. The Labute approximate surface area is 98.7 Å². The van der Waals surface area contributed by atoms with Gasteiger partial charge in [0, 0.05) is 12.6 Å². The molecule has 88 valence electrons. The van der Waals surface area contributed by atoms with Gasteiger partial charge in [-0.2, -0.15) is 4.99 Å². The summed E-state index contributed by atoms with van der Waals surface area (Å²) >= 11 is 0. The summed E-state index contributed by atoms with van der Waals surface area (Å²) in [5.41, 5.74) is 1.18. The molecular formula is C12H12N2O3. The monoisotopic (exact) mass is 232 g/mol. The average Bonchev–Trinajstić information content (AvgIpc) is 2.31. The largest absolute Gasteiger partial charge is 0.479 e. The number of ether oxygens (including phenoxy) is 1. The van der Waals surface area contributed by atoms with Crippen molar-refractivity contribution < 1.29 is 14.3 Å². The molecule has 0 bridgehead atoms. The molecule has 0 N–H and O–H groups in total. The summed E-state index contributed by atoms with van der Waals surface area (Å²) in [6.45, 7) is 4.18. The standard InChI is InChI=1S/C12H12N2O3/c1-3-14-10-5-4-9(13-7-15)6-11(10)17-8(2)12(14)16/h4-6,8H,3H2,1-2H3. The summed E-state index contributed by atoms with van der Waals surface area (Å²) in [5, 5.41) is 0. The molecule has 1 heterocycles. The van der Waals surface area contributed by atoms with Crippen molar-refractivity contribution in [1.29, 1.82) is 0 Å². The van der Waals surface area contributed by atoms with E-state index in [-0.39, 0.29) is 5.91 Å². The van der Waals surface area contributed by atoms with Crippen LogP contribution in [0.5, 0.6) is 5.75 Å². The molecule has 0 aromatic heterocycles. The van der Waals surface area contributed by atoms with E-state index in [0.717, 1.165) is 0 Å². The van der Waals surface area contributed by atoms with Crippen LogP contribution >= 0.6 is 0 Å². The maximum absolute atomic E-state index is 11.8. The molecule has 1 aliphatic heterocycles. The number of amides is 1. The van der Waals surface area contributed by atoms with Crippen molar-refractivity contribution in [1.82, 2.24) is 0 Å². The van der Waals surface area contributed by atoms with Crippen LogP contribution in [0.4, 0.5) is 11.4 Å². The lowest BCUT2D eigenvalue weighted by Crippen LogP contribution is -2.44. The summed E-state index contributed by atoms with van der Waals surface area (Å²) in [6, 6.07) is 5.00. The Morgan fingerprint density at radius 3 is 2.94 bits per heavy atom. The zero-order valence-corrected chi connectivity index (χ0v) is 9.64. The van der Waals surface area contributed by atoms with Crippen molar-refractivity contribution in [2.45, 2.75) is 20.0 Å². The van der Waals surface area contributed by atoms with Crippen molar-refractivity contribution in [3.05, 3.63) is 18.2 Å². The molecule has 5 heteroatoms. The van der Waals surface area contributed by atoms with Crippen LogP contribution in [0.25, 0.3) is 0 Å². The number of nitrogens with zero attached hydrogens (tertiary/aromatic N) is 2. The Kier molecular flexibility index (Phi) is 2.93. The number of hydrogen-bond acceptors (Lipinski definition) is 4. The second-order valence-corrected chi connectivity index (χ2v) is 3.70. The van der Waals surface area contributed by atoms with Crippen molar-refractivity contribution >= 4 is 23.4 Å². The summed E-state index contributed by atoms with van der Waals surface area (Å²) in [5.74, 6) is 0.502. The Bertz CT molecular complexity index is 506. The second kappa shape index (κ2) is 4.39. The molecule has 2 rings (SSSR count). The fraction of sp³-hybridized carbons (Fsp3) is 0.333.